The number of aromatic nitrogens is 5. The van der Waals surface area contributed by atoms with Gasteiger partial charge in [0.2, 0.25) is 0 Å². The van der Waals surface area contributed by atoms with E-state index in [-0.39, 0.29) is 6.03 Å². The molecule has 1 aliphatic heterocycles. The monoisotopic (exact) mass is 381 g/mol. The van der Waals surface area contributed by atoms with Crippen LogP contribution in [0.5, 0.6) is 0 Å². The minimum Gasteiger partial charge on any atom is -0.367 e. The molecular formula is C19H23N7O2. The molecule has 3 aromatic heterocycles. The lowest BCUT2D eigenvalue weighted by Gasteiger charge is -2.40. The van der Waals surface area contributed by atoms with Gasteiger partial charge in [-0.2, -0.15) is 5.10 Å². The maximum absolute atomic E-state index is 12.7. The Morgan fingerprint density at radius 1 is 1.39 bits per heavy atom. The molecule has 4 rings (SSSR count). The molecule has 146 valence electrons. The number of morpholine rings is 1. The second-order valence-corrected chi connectivity index (χ2v) is 7.05. The Morgan fingerprint density at radius 2 is 2.29 bits per heavy atom. The van der Waals surface area contributed by atoms with Gasteiger partial charge >= 0.3 is 6.03 Å². The highest BCUT2D eigenvalue weighted by Gasteiger charge is 2.36. The van der Waals surface area contributed by atoms with Gasteiger partial charge in [0.25, 0.3) is 0 Å². The van der Waals surface area contributed by atoms with Crippen LogP contribution in [-0.4, -0.2) is 54.9 Å². The Labute approximate surface area is 163 Å². The Morgan fingerprint density at radius 3 is 3.04 bits per heavy atom. The van der Waals surface area contributed by atoms with Gasteiger partial charge < -0.3 is 15.0 Å². The Kier molecular flexibility index (Phi) is 4.82. The summed E-state index contributed by atoms with van der Waals surface area (Å²) in [5, 5.41) is 7.21. The summed E-state index contributed by atoms with van der Waals surface area (Å²) in [6.07, 6.45) is 10.7. The third-order valence-electron chi connectivity index (χ3n) is 4.90. The van der Waals surface area contributed by atoms with Gasteiger partial charge in [0.05, 0.1) is 19.3 Å². The number of pyridine rings is 1. The molecule has 28 heavy (non-hydrogen) atoms. The number of urea groups is 1. The zero-order chi connectivity index (χ0) is 19.6. The molecule has 4 heterocycles. The van der Waals surface area contributed by atoms with Crippen molar-refractivity contribution in [3.8, 4) is 5.82 Å². The molecule has 0 bridgehead atoms. The number of hydrogen-bond donors (Lipinski definition) is 1. The molecule has 1 atom stereocenters. The summed E-state index contributed by atoms with van der Waals surface area (Å²) >= 11 is 0. The molecule has 9 heteroatoms. The Bertz CT molecular complexity index is 953. The summed E-state index contributed by atoms with van der Waals surface area (Å²) in [6.45, 7) is 3.92. The number of amides is 2. The molecular weight excluding hydrogens is 358 g/mol. The molecule has 0 radical (unpaired) electrons. The molecule has 1 fully saturated rings. The summed E-state index contributed by atoms with van der Waals surface area (Å²) in [4.78, 5) is 22.9. The van der Waals surface area contributed by atoms with Crippen molar-refractivity contribution in [1.82, 2.24) is 34.5 Å². The molecule has 0 aliphatic carbocycles. The van der Waals surface area contributed by atoms with Crippen molar-refractivity contribution >= 4 is 6.03 Å². The maximum atomic E-state index is 12.7. The van der Waals surface area contributed by atoms with E-state index in [4.69, 9.17) is 4.74 Å². The van der Waals surface area contributed by atoms with E-state index in [0.717, 1.165) is 16.9 Å². The molecule has 1 saturated heterocycles. The van der Waals surface area contributed by atoms with Crippen molar-refractivity contribution in [2.45, 2.75) is 19.1 Å². The zero-order valence-corrected chi connectivity index (χ0v) is 15.9. The molecule has 0 spiro atoms. The van der Waals surface area contributed by atoms with Gasteiger partial charge in [-0.05, 0) is 24.6 Å². The van der Waals surface area contributed by atoms with Gasteiger partial charge in [-0.3, -0.25) is 9.25 Å². The van der Waals surface area contributed by atoms with E-state index in [0.29, 0.717) is 26.2 Å². The van der Waals surface area contributed by atoms with Gasteiger partial charge in [0, 0.05) is 50.5 Å². The molecule has 9 nitrogen and oxygen atoms in total. The highest BCUT2D eigenvalue weighted by molar-refractivity contribution is 5.74. The number of hydrogen-bond acceptors (Lipinski definition) is 5. The second kappa shape index (κ2) is 7.43. The molecule has 1 unspecified atom stereocenters. The standard InChI is InChI=1S/C19H23N7O2/c1-19(16-11-23-24(2)12-16)13-25(7-8-28-19)18(27)22-10-15-3-4-21-17(9-15)26-6-5-20-14-26/h3-6,9,11-12,14H,7-8,10,13H2,1-2H3,(H,22,27). The number of carbonyl (C=O) groups is 1. The predicted molar refractivity (Wildman–Crippen MR) is 102 cm³/mol. The van der Waals surface area contributed by atoms with Crippen LogP contribution >= 0.6 is 0 Å². The molecule has 1 N–H and O–H groups in total. The van der Waals surface area contributed by atoms with E-state index in [1.807, 2.05) is 43.1 Å². The quantitative estimate of drug-likeness (QED) is 0.739. The third kappa shape index (κ3) is 3.74. The van der Waals surface area contributed by atoms with Crippen molar-refractivity contribution in [3.63, 3.8) is 0 Å². The highest BCUT2D eigenvalue weighted by atomic mass is 16.5. The van der Waals surface area contributed by atoms with Gasteiger partial charge in [-0.15, -0.1) is 0 Å². The van der Waals surface area contributed by atoms with Crippen LogP contribution in [0.15, 0.2) is 49.4 Å². The smallest absolute Gasteiger partial charge is 0.317 e. The number of rotatable bonds is 4. The topological polar surface area (TPSA) is 90.1 Å². The van der Waals surface area contributed by atoms with Crippen molar-refractivity contribution in [2.24, 2.45) is 7.05 Å². The van der Waals surface area contributed by atoms with Crippen LogP contribution in [-0.2, 0) is 23.9 Å². The van der Waals surface area contributed by atoms with Gasteiger partial charge in [-0.25, -0.2) is 14.8 Å². The summed E-state index contributed by atoms with van der Waals surface area (Å²) in [7, 11) is 1.87. The lowest BCUT2D eigenvalue weighted by Crippen LogP contribution is -2.53. The minimum absolute atomic E-state index is 0.112. The summed E-state index contributed by atoms with van der Waals surface area (Å²) in [5.74, 6) is 0.764. The minimum atomic E-state index is -0.560. The largest absolute Gasteiger partial charge is 0.367 e. The average molecular weight is 381 g/mol. The Hall–Kier alpha value is -3.20. The number of carbonyl (C=O) groups excluding carboxylic acids is 1. The van der Waals surface area contributed by atoms with Gasteiger partial charge in [0.15, 0.2) is 0 Å². The van der Waals surface area contributed by atoms with E-state index >= 15 is 0 Å². The number of nitrogens with zero attached hydrogens (tertiary/aromatic N) is 6. The number of ether oxygens (including phenoxy) is 1. The lowest BCUT2D eigenvalue weighted by molar-refractivity contribution is -0.0907. The van der Waals surface area contributed by atoms with E-state index in [1.54, 1.807) is 34.5 Å². The van der Waals surface area contributed by atoms with E-state index < -0.39 is 5.60 Å². The first-order valence-electron chi connectivity index (χ1n) is 9.13. The lowest BCUT2D eigenvalue weighted by atomic mass is 9.97. The van der Waals surface area contributed by atoms with Crippen molar-refractivity contribution in [1.29, 1.82) is 0 Å². The van der Waals surface area contributed by atoms with Crippen LogP contribution in [0.1, 0.15) is 18.1 Å². The first-order chi connectivity index (χ1) is 13.5. The average Bonchev–Trinajstić information content (AvgIpc) is 3.38. The number of nitrogens with one attached hydrogen (secondary N) is 1. The molecule has 0 saturated carbocycles. The highest BCUT2D eigenvalue weighted by Crippen LogP contribution is 2.29. The number of imidazole rings is 1. The fourth-order valence-electron chi connectivity index (χ4n) is 3.31. The van der Waals surface area contributed by atoms with Crippen molar-refractivity contribution in [3.05, 3.63) is 60.6 Å². The first kappa shape index (κ1) is 18.2. The summed E-state index contributed by atoms with van der Waals surface area (Å²) < 4.78 is 9.54. The first-order valence-corrected chi connectivity index (χ1v) is 9.13. The van der Waals surface area contributed by atoms with Crippen LogP contribution in [0.25, 0.3) is 5.82 Å². The molecule has 1 aliphatic rings. The van der Waals surface area contributed by atoms with E-state index in [2.05, 4.69) is 20.4 Å². The van der Waals surface area contributed by atoms with Crippen LogP contribution in [0.3, 0.4) is 0 Å². The molecule has 0 aromatic carbocycles. The normalized spacial score (nSPS) is 19.6. The van der Waals surface area contributed by atoms with Gasteiger partial charge in [0.1, 0.15) is 17.7 Å². The van der Waals surface area contributed by atoms with Crippen molar-refractivity contribution < 1.29 is 9.53 Å². The third-order valence-corrected chi connectivity index (χ3v) is 4.90. The van der Waals surface area contributed by atoms with Crippen molar-refractivity contribution in [2.75, 3.05) is 19.7 Å². The van der Waals surface area contributed by atoms with Crippen LogP contribution in [0.4, 0.5) is 4.79 Å². The SMILES string of the molecule is Cn1cc(C2(C)CN(C(=O)NCc3ccnc(-n4ccnc4)c3)CCO2)cn1. The van der Waals surface area contributed by atoms with Crippen LogP contribution < -0.4 is 5.32 Å². The van der Waals surface area contributed by atoms with E-state index in [9.17, 15) is 4.79 Å². The molecule has 2 amide bonds. The molecule has 3 aromatic rings. The zero-order valence-electron chi connectivity index (χ0n) is 15.9. The summed E-state index contributed by atoms with van der Waals surface area (Å²) in [5.41, 5.74) is 1.37. The fourth-order valence-corrected chi connectivity index (χ4v) is 3.31. The second-order valence-electron chi connectivity index (χ2n) is 7.05. The fraction of sp³-hybridized carbons (Fsp3) is 0.368. The predicted octanol–water partition coefficient (Wildman–Crippen LogP) is 1.46. The van der Waals surface area contributed by atoms with E-state index in [1.165, 1.54) is 0 Å². The maximum Gasteiger partial charge on any atom is 0.317 e. The van der Waals surface area contributed by atoms with Crippen LogP contribution in [0, 0.1) is 0 Å². The van der Waals surface area contributed by atoms with Crippen LogP contribution in [0.2, 0.25) is 0 Å². The van der Waals surface area contributed by atoms with Gasteiger partial charge in [-0.1, -0.05) is 0 Å². The Balaban J connectivity index is 1.39. The summed E-state index contributed by atoms with van der Waals surface area (Å²) in [6, 6.07) is 3.71. The number of aryl methyl sites for hydroxylation is 1.